The van der Waals surface area contributed by atoms with Gasteiger partial charge >= 0.3 is 5.97 Å². The summed E-state index contributed by atoms with van der Waals surface area (Å²) in [6, 6.07) is 5.71. The number of carbonyl (C=O) groups is 1. The van der Waals surface area contributed by atoms with Crippen molar-refractivity contribution in [1.82, 2.24) is 9.78 Å². The molecule has 1 heterocycles. The van der Waals surface area contributed by atoms with Crippen LogP contribution in [-0.4, -0.2) is 20.9 Å². The molecule has 0 saturated heterocycles. The average Bonchev–Trinajstić information content (AvgIpc) is 2.66. The van der Waals surface area contributed by atoms with Gasteiger partial charge in [-0.2, -0.15) is 5.10 Å². The lowest BCUT2D eigenvalue weighted by molar-refractivity contribution is -0.132. The fraction of sp³-hybridized carbons (Fsp3) is 0.231. The van der Waals surface area contributed by atoms with E-state index in [0.717, 1.165) is 16.5 Å². The van der Waals surface area contributed by atoms with E-state index in [1.54, 1.807) is 10.8 Å². The summed E-state index contributed by atoms with van der Waals surface area (Å²) in [4.78, 5) is 11.0. The summed E-state index contributed by atoms with van der Waals surface area (Å²) in [5.41, 5.74) is 2.18. The Morgan fingerprint density at radius 2 is 2.29 bits per heavy atom. The first-order chi connectivity index (χ1) is 8.11. The third-order valence-electron chi connectivity index (χ3n) is 2.68. The lowest BCUT2D eigenvalue weighted by atomic mass is 10.1. The van der Waals surface area contributed by atoms with Crippen molar-refractivity contribution in [3.63, 3.8) is 0 Å². The normalized spacial score (nSPS) is 12.0. The predicted octanol–water partition coefficient (Wildman–Crippen LogP) is 2.45. The Labute approximate surface area is 99.2 Å². The third-order valence-corrected chi connectivity index (χ3v) is 2.68. The van der Waals surface area contributed by atoms with Gasteiger partial charge in [-0.15, -0.1) is 0 Å². The number of hydrogen-bond acceptors (Lipinski definition) is 2. The van der Waals surface area contributed by atoms with Crippen molar-refractivity contribution in [2.75, 3.05) is 0 Å². The van der Waals surface area contributed by atoms with E-state index >= 15 is 0 Å². The van der Waals surface area contributed by atoms with Crippen LogP contribution in [0.4, 0.5) is 0 Å². The molecule has 4 heteroatoms. The van der Waals surface area contributed by atoms with Gasteiger partial charge in [-0.05, 0) is 24.1 Å². The summed E-state index contributed by atoms with van der Waals surface area (Å²) in [5.74, 6) is -0.867. The summed E-state index contributed by atoms with van der Waals surface area (Å²) < 4.78 is 1.73. The van der Waals surface area contributed by atoms with E-state index in [2.05, 4.69) is 5.10 Å². The molecule has 0 fully saturated rings. The molecule has 0 radical (unpaired) electrons. The van der Waals surface area contributed by atoms with Gasteiger partial charge in [0.15, 0.2) is 0 Å². The van der Waals surface area contributed by atoms with E-state index in [1.165, 1.54) is 0 Å². The zero-order valence-corrected chi connectivity index (χ0v) is 9.84. The summed E-state index contributed by atoms with van der Waals surface area (Å²) >= 11 is 0. The number of nitrogens with zero attached hydrogens (tertiary/aromatic N) is 2. The number of aliphatic carboxylic acids is 1. The van der Waals surface area contributed by atoms with Gasteiger partial charge < -0.3 is 5.11 Å². The SMILES string of the molecule is CCC(=Cc1cccc2nn(C)cc12)C(=O)O. The number of benzene rings is 1. The molecule has 0 spiro atoms. The molecule has 0 saturated carbocycles. The Kier molecular flexibility index (Phi) is 2.95. The molecule has 1 N–H and O–H groups in total. The number of fused-ring (bicyclic) bond motifs is 1. The number of aromatic nitrogens is 2. The van der Waals surface area contributed by atoms with Crippen LogP contribution in [0.5, 0.6) is 0 Å². The van der Waals surface area contributed by atoms with Crippen molar-refractivity contribution in [1.29, 1.82) is 0 Å². The molecule has 17 heavy (non-hydrogen) atoms. The van der Waals surface area contributed by atoms with Crippen LogP contribution >= 0.6 is 0 Å². The van der Waals surface area contributed by atoms with Crippen LogP contribution < -0.4 is 0 Å². The van der Waals surface area contributed by atoms with Crippen molar-refractivity contribution in [3.8, 4) is 0 Å². The highest BCUT2D eigenvalue weighted by molar-refractivity contribution is 5.96. The Hall–Kier alpha value is -2.10. The maximum Gasteiger partial charge on any atom is 0.331 e. The molecule has 2 rings (SSSR count). The third kappa shape index (κ3) is 2.20. The molecule has 0 aliphatic heterocycles. The molecule has 0 aliphatic carbocycles. The van der Waals surface area contributed by atoms with Crippen molar-refractivity contribution in [2.45, 2.75) is 13.3 Å². The largest absolute Gasteiger partial charge is 0.478 e. The minimum Gasteiger partial charge on any atom is -0.478 e. The van der Waals surface area contributed by atoms with Crippen LogP contribution in [0.25, 0.3) is 17.0 Å². The van der Waals surface area contributed by atoms with Gasteiger partial charge in [-0.25, -0.2) is 4.79 Å². The van der Waals surface area contributed by atoms with Crippen molar-refractivity contribution in [2.24, 2.45) is 7.05 Å². The highest BCUT2D eigenvalue weighted by atomic mass is 16.4. The van der Waals surface area contributed by atoms with E-state index in [-0.39, 0.29) is 0 Å². The van der Waals surface area contributed by atoms with E-state index in [0.29, 0.717) is 12.0 Å². The van der Waals surface area contributed by atoms with Crippen LogP contribution in [0, 0.1) is 0 Å². The molecular formula is C13H14N2O2. The van der Waals surface area contributed by atoms with Gasteiger partial charge in [0.05, 0.1) is 5.52 Å². The van der Waals surface area contributed by atoms with Crippen LogP contribution in [0.15, 0.2) is 30.0 Å². The molecular weight excluding hydrogens is 216 g/mol. The van der Waals surface area contributed by atoms with Crippen LogP contribution in [-0.2, 0) is 11.8 Å². The highest BCUT2D eigenvalue weighted by Crippen LogP contribution is 2.20. The van der Waals surface area contributed by atoms with Crippen LogP contribution in [0.2, 0.25) is 0 Å². The van der Waals surface area contributed by atoms with Gasteiger partial charge in [0, 0.05) is 24.2 Å². The molecule has 0 aliphatic rings. The minimum absolute atomic E-state index is 0.404. The summed E-state index contributed by atoms with van der Waals surface area (Å²) in [5, 5.41) is 14.3. The van der Waals surface area contributed by atoms with Crippen molar-refractivity contribution in [3.05, 3.63) is 35.5 Å². The Morgan fingerprint density at radius 3 is 2.94 bits per heavy atom. The highest BCUT2D eigenvalue weighted by Gasteiger charge is 2.07. The second-order valence-corrected chi connectivity index (χ2v) is 3.91. The second kappa shape index (κ2) is 4.41. The molecule has 4 nitrogen and oxygen atoms in total. The van der Waals surface area contributed by atoms with Crippen molar-refractivity contribution >= 4 is 22.9 Å². The minimum atomic E-state index is -0.867. The number of hydrogen-bond donors (Lipinski definition) is 1. The molecule has 2 aromatic rings. The first-order valence-corrected chi connectivity index (χ1v) is 5.48. The van der Waals surface area contributed by atoms with Crippen LogP contribution in [0.1, 0.15) is 18.9 Å². The fourth-order valence-electron chi connectivity index (χ4n) is 1.81. The van der Waals surface area contributed by atoms with E-state index in [1.807, 2.05) is 38.4 Å². The van der Waals surface area contributed by atoms with Gasteiger partial charge in [-0.3, -0.25) is 4.68 Å². The zero-order valence-electron chi connectivity index (χ0n) is 9.84. The number of rotatable bonds is 3. The van der Waals surface area contributed by atoms with Gasteiger partial charge in [0.1, 0.15) is 0 Å². The number of carboxylic acids is 1. The summed E-state index contributed by atoms with van der Waals surface area (Å²) in [6.45, 7) is 1.84. The fourth-order valence-corrected chi connectivity index (χ4v) is 1.81. The monoisotopic (exact) mass is 230 g/mol. The molecule has 0 unspecified atom stereocenters. The summed E-state index contributed by atoms with van der Waals surface area (Å²) in [7, 11) is 1.85. The topological polar surface area (TPSA) is 55.1 Å². The van der Waals surface area contributed by atoms with Gasteiger partial charge in [0.25, 0.3) is 0 Å². The van der Waals surface area contributed by atoms with E-state index in [9.17, 15) is 4.79 Å². The number of carboxylic acid groups (broad SMARTS) is 1. The summed E-state index contributed by atoms with van der Waals surface area (Å²) in [6.07, 6.45) is 4.12. The predicted molar refractivity (Wildman–Crippen MR) is 66.6 cm³/mol. The lowest BCUT2D eigenvalue weighted by Gasteiger charge is -1.99. The molecule has 0 bridgehead atoms. The Balaban J connectivity index is 2.59. The maximum absolute atomic E-state index is 11.0. The van der Waals surface area contributed by atoms with E-state index < -0.39 is 5.97 Å². The van der Waals surface area contributed by atoms with E-state index in [4.69, 9.17) is 5.11 Å². The molecule has 88 valence electrons. The van der Waals surface area contributed by atoms with Crippen molar-refractivity contribution < 1.29 is 9.90 Å². The molecule has 1 aromatic heterocycles. The molecule has 0 atom stereocenters. The smallest absolute Gasteiger partial charge is 0.331 e. The van der Waals surface area contributed by atoms with Gasteiger partial charge in [0.2, 0.25) is 0 Å². The average molecular weight is 230 g/mol. The molecule has 1 aromatic carbocycles. The lowest BCUT2D eigenvalue weighted by Crippen LogP contribution is -1.98. The Morgan fingerprint density at radius 1 is 1.53 bits per heavy atom. The quantitative estimate of drug-likeness (QED) is 0.824. The maximum atomic E-state index is 11.0. The van der Waals surface area contributed by atoms with Crippen LogP contribution in [0.3, 0.4) is 0 Å². The Bertz CT molecular complexity index is 596. The standard InChI is InChI=1S/C13H14N2O2/c1-3-9(13(16)17)7-10-5-4-6-12-11(10)8-15(2)14-12/h4-8H,3H2,1-2H3,(H,16,17). The van der Waals surface area contributed by atoms with Gasteiger partial charge in [-0.1, -0.05) is 19.1 Å². The first-order valence-electron chi connectivity index (χ1n) is 5.48. The number of aryl methyl sites for hydroxylation is 1. The molecule has 0 amide bonds. The zero-order chi connectivity index (χ0) is 12.4. The first kappa shape index (κ1) is 11.4. The second-order valence-electron chi connectivity index (χ2n) is 3.91.